The molecule has 0 unspecified atom stereocenters. The van der Waals surface area contributed by atoms with Crippen LogP contribution in [0, 0.1) is 6.92 Å². The van der Waals surface area contributed by atoms with Gasteiger partial charge in [0.15, 0.2) is 5.78 Å². The predicted octanol–water partition coefficient (Wildman–Crippen LogP) is 4.83. The monoisotopic (exact) mass is 307 g/mol. The molecule has 0 aliphatic carbocycles. The van der Waals surface area contributed by atoms with E-state index < -0.39 is 0 Å². The highest BCUT2D eigenvalue weighted by molar-refractivity contribution is 7.09. The fourth-order valence-corrected chi connectivity index (χ4v) is 3.07. The van der Waals surface area contributed by atoms with Gasteiger partial charge in [-0.3, -0.25) is 4.79 Å². The fraction of sp³-hybridized carbons (Fsp3) is 0.375. The summed E-state index contributed by atoms with van der Waals surface area (Å²) in [7, 11) is 0. The molecule has 0 aliphatic rings. The second-order valence-electron chi connectivity index (χ2n) is 5.89. The first-order chi connectivity index (χ1) is 9.29. The van der Waals surface area contributed by atoms with Gasteiger partial charge in [-0.1, -0.05) is 44.5 Å². The maximum absolute atomic E-state index is 12.4. The Labute approximate surface area is 128 Å². The van der Waals surface area contributed by atoms with Crippen molar-refractivity contribution in [3.8, 4) is 0 Å². The van der Waals surface area contributed by atoms with E-state index in [1.165, 1.54) is 0 Å². The van der Waals surface area contributed by atoms with Crippen molar-refractivity contribution in [2.45, 2.75) is 39.5 Å². The molecular formula is C16H18ClNOS. The normalized spacial score (nSPS) is 11.7. The number of rotatable bonds is 3. The van der Waals surface area contributed by atoms with E-state index in [-0.39, 0.29) is 11.2 Å². The highest BCUT2D eigenvalue weighted by atomic mass is 35.5. The first-order valence-corrected chi connectivity index (χ1v) is 7.78. The molecule has 0 fully saturated rings. The molecule has 0 radical (unpaired) electrons. The van der Waals surface area contributed by atoms with E-state index in [1.54, 1.807) is 17.4 Å². The summed E-state index contributed by atoms with van der Waals surface area (Å²) in [4.78, 5) is 16.9. The van der Waals surface area contributed by atoms with Crippen LogP contribution in [-0.4, -0.2) is 10.8 Å². The van der Waals surface area contributed by atoms with Crippen LogP contribution in [0.5, 0.6) is 0 Å². The standard InChI is InChI=1S/C16H18ClNOS/c1-10-11(6-5-7-12(10)17)13(19)8-15-18-14(9-20-15)16(2,3)4/h5-7,9H,8H2,1-4H3. The summed E-state index contributed by atoms with van der Waals surface area (Å²) in [6.07, 6.45) is 0.335. The zero-order chi connectivity index (χ0) is 14.9. The maximum Gasteiger partial charge on any atom is 0.169 e. The minimum absolute atomic E-state index is 0.0176. The molecule has 2 aromatic rings. The SMILES string of the molecule is Cc1c(Cl)cccc1C(=O)Cc1nc(C(C)(C)C)cs1. The average molecular weight is 308 g/mol. The number of thiazole rings is 1. The Bertz CT molecular complexity index is 640. The summed E-state index contributed by atoms with van der Waals surface area (Å²) >= 11 is 7.60. The van der Waals surface area contributed by atoms with Crippen LogP contribution in [-0.2, 0) is 11.8 Å². The predicted molar refractivity (Wildman–Crippen MR) is 85.0 cm³/mol. The molecule has 2 rings (SSSR count). The van der Waals surface area contributed by atoms with Crippen molar-refractivity contribution in [1.29, 1.82) is 0 Å². The second kappa shape index (κ2) is 5.66. The molecule has 1 aromatic heterocycles. The van der Waals surface area contributed by atoms with E-state index in [0.29, 0.717) is 17.0 Å². The largest absolute Gasteiger partial charge is 0.294 e. The summed E-state index contributed by atoms with van der Waals surface area (Å²) in [5, 5.41) is 3.53. The first-order valence-electron chi connectivity index (χ1n) is 6.52. The summed E-state index contributed by atoms with van der Waals surface area (Å²) in [6, 6.07) is 5.43. The number of carbonyl (C=O) groups is 1. The minimum Gasteiger partial charge on any atom is -0.294 e. The molecule has 1 aromatic carbocycles. The molecule has 0 spiro atoms. The number of nitrogens with zero attached hydrogens (tertiary/aromatic N) is 1. The molecule has 0 N–H and O–H groups in total. The van der Waals surface area contributed by atoms with Gasteiger partial charge in [0.05, 0.1) is 12.1 Å². The molecule has 0 atom stereocenters. The van der Waals surface area contributed by atoms with Crippen molar-refractivity contribution in [1.82, 2.24) is 4.98 Å². The van der Waals surface area contributed by atoms with Crippen LogP contribution in [0.15, 0.2) is 23.6 Å². The molecule has 0 amide bonds. The number of aromatic nitrogens is 1. The zero-order valence-electron chi connectivity index (χ0n) is 12.2. The van der Waals surface area contributed by atoms with Crippen LogP contribution >= 0.6 is 22.9 Å². The Hall–Kier alpha value is -1.19. The molecule has 0 saturated heterocycles. The van der Waals surface area contributed by atoms with Gasteiger partial charge in [0.25, 0.3) is 0 Å². The molecule has 20 heavy (non-hydrogen) atoms. The van der Waals surface area contributed by atoms with Crippen molar-refractivity contribution in [3.05, 3.63) is 50.4 Å². The van der Waals surface area contributed by atoms with Crippen molar-refractivity contribution in [2.24, 2.45) is 0 Å². The zero-order valence-corrected chi connectivity index (χ0v) is 13.7. The van der Waals surface area contributed by atoms with Crippen molar-refractivity contribution in [2.75, 3.05) is 0 Å². The molecular weight excluding hydrogens is 290 g/mol. The summed E-state index contributed by atoms with van der Waals surface area (Å²) in [5.41, 5.74) is 2.58. The van der Waals surface area contributed by atoms with E-state index in [9.17, 15) is 4.79 Å². The number of Topliss-reactive ketones (excluding diaryl/α,β-unsaturated/α-hetero) is 1. The molecule has 4 heteroatoms. The van der Waals surface area contributed by atoms with Gasteiger partial charge in [-0.05, 0) is 18.6 Å². The van der Waals surface area contributed by atoms with Crippen LogP contribution < -0.4 is 0 Å². The lowest BCUT2D eigenvalue weighted by atomic mass is 9.93. The van der Waals surface area contributed by atoms with E-state index in [4.69, 9.17) is 11.6 Å². The summed E-state index contributed by atoms with van der Waals surface area (Å²) in [5.74, 6) is 0.0693. The van der Waals surface area contributed by atoms with Crippen LogP contribution in [0.1, 0.15) is 47.4 Å². The van der Waals surface area contributed by atoms with E-state index >= 15 is 0 Å². The third-order valence-electron chi connectivity index (χ3n) is 3.20. The molecule has 0 bridgehead atoms. The van der Waals surface area contributed by atoms with Crippen molar-refractivity contribution < 1.29 is 4.79 Å². The van der Waals surface area contributed by atoms with Gasteiger partial charge in [-0.15, -0.1) is 11.3 Å². The van der Waals surface area contributed by atoms with Gasteiger partial charge in [-0.2, -0.15) is 0 Å². The molecule has 0 saturated carbocycles. The van der Waals surface area contributed by atoms with Crippen LogP contribution in [0.4, 0.5) is 0 Å². The van der Waals surface area contributed by atoms with Gasteiger partial charge in [0.2, 0.25) is 0 Å². The minimum atomic E-state index is 0.0176. The number of benzene rings is 1. The Balaban J connectivity index is 2.20. The Morgan fingerprint density at radius 2 is 2.05 bits per heavy atom. The van der Waals surface area contributed by atoms with Crippen LogP contribution in [0.2, 0.25) is 5.02 Å². The highest BCUT2D eigenvalue weighted by Gasteiger charge is 2.19. The van der Waals surface area contributed by atoms with Gasteiger partial charge in [0.1, 0.15) is 5.01 Å². The van der Waals surface area contributed by atoms with Gasteiger partial charge >= 0.3 is 0 Å². The fourth-order valence-electron chi connectivity index (χ4n) is 1.88. The molecule has 0 aliphatic heterocycles. The lowest BCUT2D eigenvalue weighted by Gasteiger charge is -2.14. The van der Waals surface area contributed by atoms with E-state index in [2.05, 4.69) is 25.8 Å². The molecule has 1 heterocycles. The number of halogens is 1. The third kappa shape index (κ3) is 3.28. The number of hydrogen-bond donors (Lipinski definition) is 0. The maximum atomic E-state index is 12.4. The Kier molecular flexibility index (Phi) is 4.31. The van der Waals surface area contributed by atoms with E-state index in [1.807, 2.05) is 24.4 Å². The van der Waals surface area contributed by atoms with E-state index in [0.717, 1.165) is 16.3 Å². The van der Waals surface area contributed by atoms with Crippen molar-refractivity contribution >= 4 is 28.7 Å². The van der Waals surface area contributed by atoms with Crippen molar-refractivity contribution in [3.63, 3.8) is 0 Å². The smallest absolute Gasteiger partial charge is 0.169 e. The van der Waals surface area contributed by atoms with Gasteiger partial charge in [-0.25, -0.2) is 4.98 Å². The molecule has 106 valence electrons. The summed E-state index contributed by atoms with van der Waals surface area (Å²) in [6.45, 7) is 8.23. The van der Waals surface area contributed by atoms with Gasteiger partial charge in [0, 0.05) is 21.4 Å². The molecule has 2 nitrogen and oxygen atoms in total. The van der Waals surface area contributed by atoms with Crippen LogP contribution in [0.25, 0.3) is 0 Å². The third-order valence-corrected chi connectivity index (χ3v) is 4.46. The lowest BCUT2D eigenvalue weighted by molar-refractivity contribution is 0.0992. The second-order valence-corrected chi connectivity index (χ2v) is 7.24. The Morgan fingerprint density at radius 3 is 2.65 bits per heavy atom. The summed E-state index contributed by atoms with van der Waals surface area (Å²) < 4.78 is 0. The topological polar surface area (TPSA) is 30.0 Å². The number of ketones is 1. The quantitative estimate of drug-likeness (QED) is 0.760. The average Bonchev–Trinajstić information content (AvgIpc) is 2.81. The number of carbonyl (C=O) groups excluding carboxylic acids is 1. The van der Waals surface area contributed by atoms with Crippen LogP contribution in [0.3, 0.4) is 0 Å². The first kappa shape index (κ1) is 15.2. The lowest BCUT2D eigenvalue weighted by Crippen LogP contribution is -2.12. The van der Waals surface area contributed by atoms with Gasteiger partial charge < -0.3 is 0 Å². The Morgan fingerprint density at radius 1 is 1.35 bits per heavy atom. The highest BCUT2D eigenvalue weighted by Crippen LogP contribution is 2.25. The number of hydrogen-bond acceptors (Lipinski definition) is 3.